The van der Waals surface area contributed by atoms with Crippen LogP contribution in [-0.2, 0) is 0 Å². The largest absolute Gasteiger partial charge is 1.00 e. The molecule has 9 heteroatoms. The molecule has 9 nitrogen and oxygen atoms in total. The molecule has 0 aliphatic rings. The fraction of sp³-hybridized carbons (Fsp3) is 0.182. The highest BCUT2D eigenvalue weighted by atomic mass is 16.6. The zero-order valence-corrected chi connectivity index (χ0v) is 17.9. The lowest BCUT2D eigenvalue weighted by atomic mass is 10.2. The summed E-state index contributed by atoms with van der Waals surface area (Å²) in [6.07, 6.45) is 6.85. The van der Waals surface area contributed by atoms with Gasteiger partial charge in [0.25, 0.3) is 6.33 Å². The van der Waals surface area contributed by atoms with Crippen LogP contribution in [0, 0.1) is 0 Å². The summed E-state index contributed by atoms with van der Waals surface area (Å²) in [6.45, 7) is 0. The van der Waals surface area contributed by atoms with E-state index in [4.69, 9.17) is 15.0 Å². The Morgan fingerprint density at radius 1 is 0.903 bits per heavy atom. The molecule has 0 amide bonds. The summed E-state index contributed by atoms with van der Waals surface area (Å²) >= 11 is 0. The molecule has 3 aromatic rings. The Bertz CT molecular complexity index is 949. The van der Waals surface area contributed by atoms with Gasteiger partial charge in [-0.3, -0.25) is 0 Å². The van der Waals surface area contributed by atoms with E-state index in [9.17, 15) is 0 Å². The number of aromatic nitrogens is 2. The van der Waals surface area contributed by atoms with Gasteiger partial charge in [0.1, 0.15) is 0 Å². The summed E-state index contributed by atoms with van der Waals surface area (Å²) in [6, 6.07) is 16.5. The molecule has 0 aliphatic heterocycles. The summed E-state index contributed by atoms with van der Waals surface area (Å²) in [5.74, 6) is 0. The minimum absolute atomic E-state index is 0. The monoisotopic (exact) mass is 422 g/mol. The van der Waals surface area contributed by atoms with Crippen LogP contribution in [-0.4, -0.2) is 51.5 Å². The number of carbonyl (C=O) groups excluding carboxylic acids is 1. The van der Waals surface area contributed by atoms with Crippen molar-refractivity contribution in [1.29, 1.82) is 0 Å². The van der Waals surface area contributed by atoms with E-state index in [-0.39, 0.29) is 1.43 Å². The molecular weight excluding hydrogens is 396 g/mol. The van der Waals surface area contributed by atoms with Crippen molar-refractivity contribution in [3.8, 4) is 0 Å². The third kappa shape index (κ3) is 8.01. The maximum Gasteiger partial charge on any atom is 1.00 e. The third-order valence-corrected chi connectivity index (χ3v) is 4.11. The molecule has 0 unspecified atom stereocenters. The van der Waals surface area contributed by atoms with Gasteiger partial charge in [0.05, 0.1) is 12.4 Å². The van der Waals surface area contributed by atoms with Crippen molar-refractivity contribution >= 4 is 30.0 Å². The van der Waals surface area contributed by atoms with Crippen LogP contribution in [0.1, 0.15) is 12.6 Å². The highest BCUT2D eigenvalue weighted by Gasteiger charge is 2.01. The molecule has 3 rings (SSSR count). The van der Waals surface area contributed by atoms with Gasteiger partial charge in [-0.2, -0.15) is 0 Å². The van der Waals surface area contributed by atoms with E-state index in [0.717, 1.165) is 11.1 Å². The van der Waals surface area contributed by atoms with Gasteiger partial charge in [-0.15, -0.1) is 9.35 Å². The zero-order chi connectivity index (χ0) is 22.8. The lowest BCUT2D eigenvalue weighted by Crippen LogP contribution is -2.37. The molecule has 162 valence electrons. The molecule has 1 heterocycles. The van der Waals surface area contributed by atoms with Gasteiger partial charge in [0, 0.05) is 39.6 Å². The van der Waals surface area contributed by atoms with Crippen LogP contribution >= 0.6 is 0 Å². The molecule has 0 N–H and O–H groups in total. The molecule has 1 aromatic heterocycles. The van der Waals surface area contributed by atoms with Crippen molar-refractivity contribution in [3.63, 3.8) is 0 Å². The standard InChI is InChI=1S/C21H25N6.CH2O3/c1-24(2)20-9-5-18(6-10-20)15-22-26-13-14-27(17-26)23-16-19-7-11-21(12-8-19)25(3)4;2-1(3)4/h5-17H,1-4H3;(H2,2,3,4)/q+1;/p-1/b22-15+,23-16+;. The Kier molecular flexibility index (Phi) is 8.32. The first-order valence-corrected chi connectivity index (χ1v) is 9.35. The van der Waals surface area contributed by atoms with E-state index < -0.39 is 6.16 Å². The highest BCUT2D eigenvalue weighted by Crippen LogP contribution is 2.11. The number of imidazole rings is 1. The molecular formula is C22H26N6O3. The summed E-state index contributed by atoms with van der Waals surface area (Å²) < 4.78 is 3.46. The number of nitrogens with zero attached hydrogens (tertiary/aromatic N) is 6. The summed E-state index contributed by atoms with van der Waals surface area (Å²) in [5.41, 5.74) is 4.42. The number of carbonyl (C=O) groups is 1. The first-order valence-electron chi connectivity index (χ1n) is 9.35. The van der Waals surface area contributed by atoms with Gasteiger partial charge in [-0.25, -0.2) is 0 Å². The third-order valence-electron chi connectivity index (χ3n) is 4.11. The molecule has 2 aromatic carbocycles. The Balaban J connectivity index is 0.000000945. The van der Waals surface area contributed by atoms with Gasteiger partial charge in [-0.05, 0) is 41.5 Å². The second-order valence-corrected chi connectivity index (χ2v) is 6.88. The maximum absolute atomic E-state index is 8.33. The average molecular weight is 422 g/mol. The smallest absolute Gasteiger partial charge is 0.652 e. The Morgan fingerprint density at radius 3 is 1.81 bits per heavy atom. The molecule has 0 saturated carbocycles. The number of carboxylic acid groups (broad SMARTS) is 2. The first kappa shape index (κ1) is 23.1. The topological polar surface area (TPSA) is 103 Å². The molecule has 0 fully saturated rings. The number of anilines is 2. The van der Waals surface area contributed by atoms with Crippen LogP contribution in [0.5, 0.6) is 0 Å². The molecule has 0 atom stereocenters. The molecule has 0 aliphatic carbocycles. The van der Waals surface area contributed by atoms with Crippen LogP contribution < -0.4 is 24.7 Å². The lowest BCUT2D eigenvalue weighted by Gasteiger charge is -2.11. The first-order chi connectivity index (χ1) is 14.7. The van der Waals surface area contributed by atoms with Gasteiger partial charge in [-0.1, -0.05) is 34.5 Å². The van der Waals surface area contributed by atoms with Gasteiger partial charge in [0.2, 0.25) is 0 Å². The minimum atomic E-state index is -2.33. The SMILES string of the molecule is CN(C)c1ccc(/C=N/n2cc[n+](/N=C/c3ccc(N(C)C)cc3)c2)cc1.O=C([O-])[O-].[H+]. The van der Waals surface area contributed by atoms with Crippen molar-refractivity contribution in [1.82, 2.24) is 4.68 Å². The van der Waals surface area contributed by atoms with E-state index >= 15 is 0 Å². The second kappa shape index (κ2) is 11.1. The lowest BCUT2D eigenvalue weighted by molar-refractivity contribution is -0.677. The fourth-order valence-electron chi connectivity index (χ4n) is 2.46. The van der Waals surface area contributed by atoms with E-state index in [1.165, 1.54) is 11.4 Å². The number of benzene rings is 2. The molecule has 31 heavy (non-hydrogen) atoms. The average Bonchev–Trinajstić information content (AvgIpc) is 3.19. The van der Waals surface area contributed by atoms with Crippen molar-refractivity contribution in [2.75, 3.05) is 38.0 Å². The Labute approximate surface area is 182 Å². The highest BCUT2D eigenvalue weighted by molar-refractivity contribution is 5.80. The Hall–Kier alpha value is -4.14. The summed E-state index contributed by atoms with van der Waals surface area (Å²) in [7, 11) is 8.11. The van der Waals surface area contributed by atoms with Gasteiger partial charge in [0.15, 0.2) is 12.4 Å². The van der Waals surface area contributed by atoms with E-state index in [1.807, 2.05) is 83.6 Å². The van der Waals surface area contributed by atoms with Crippen molar-refractivity contribution < 1.29 is 21.1 Å². The maximum atomic E-state index is 8.33. The number of hydrogen-bond donors (Lipinski definition) is 0. The minimum Gasteiger partial charge on any atom is -0.652 e. The zero-order valence-electron chi connectivity index (χ0n) is 18.9. The Morgan fingerprint density at radius 2 is 1.35 bits per heavy atom. The predicted octanol–water partition coefficient (Wildman–Crippen LogP) is 0.338. The van der Waals surface area contributed by atoms with Crippen LogP contribution in [0.2, 0.25) is 0 Å². The van der Waals surface area contributed by atoms with E-state index in [0.29, 0.717) is 0 Å². The number of hydrogen-bond acceptors (Lipinski definition) is 7. The van der Waals surface area contributed by atoms with Crippen LogP contribution in [0.15, 0.2) is 77.5 Å². The van der Waals surface area contributed by atoms with Crippen LogP contribution in [0.25, 0.3) is 0 Å². The molecule has 0 saturated heterocycles. The number of rotatable bonds is 6. The van der Waals surface area contributed by atoms with Crippen LogP contribution in [0.4, 0.5) is 16.2 Å². The molecule has 0 radical (unpaired) electrons. The van der Waals surface area contributed by atoms with E-state index in [1.54, 1.807) is 9.35 Å². The van der Waals surface area contributed by atoms with E-state index in [2.05, 4.69) is 44.3 Å². The molecule has 0 spiro atoms. The predicted molar refractivity (Wildman–Crippen MR) is 119 cm³/mol. The second-order valence-electron chi connectivity index (χ2n) is 6.88. The summed E-state index contributed by atoms with van der Waals surface area (Å²) in [5, 5.41) is 25.5. The van der Waals surface area contributed by atoms with Gasteiger partial charge >= 0.3 is 1.43 Å². The van der Waals surface area contributed by atoms with Crippen molar-refractivity contribution in [3.05, 3.63) is 78.4 Å². The fourth-order valence-corrected chi connectivity index (χ4v) is 2.46. The van der Waals surface area contributed by atoms with Crippen molar-refractivity contribution in [2.45, 2.75) is 0 Å². The van der Waals surface area contributed by atoms with Crippen LogP contribution in [0.3, 0.4) is 0 Å². The quantitative estimate of drug-likeness (QED) is 0.421. The van der Waals surface area contributed by atoms with Crippen molar-refractivity contribution in [2.24, 2.45) is 10.2 Å². The normalized spacial score (nSPS) is 10.7. The van der Waals surface area contributed by atoms with Gasteiger partial charge < -0.3 is 24.8 Å². The molecule has 0 bridgehead atoms. The summed E-state index contributed by atoms with van der Waals surface area (Å²) in [4.78, 5) is 12.5.